The second-order valence-electron chi connectivity index (χ2n) is 4.71. The highest BCUT2D eigenvalue weighted by atomic mass is 15.3. The van der Waals surface area contributed by atoms with Gasteiger partial charge in [0.25, 0.3) is 0 Å². The minimum absolute atomic E-state index is 0.318. The minimum Gasteiger partial charge on any atom is -0.310 e. The quantitative estimate of drug-likeness (QED) is 0.830. The number of hydrogen-bond acceptors (Lipinski definition) is 3. The first-order valence-corrected chi connectivity index (χ1v) is 6.98. The van der Waals surface area contributed by atoms with Crippen molar-refractivity contribution >= 4 is 0 Å². The Labute approximate surface area is 114 Å². The largest absolute Gasteiger partial charge is 0.310 e. The van der Waals surface area contributed by atoms with Crippen LogP contribution in [0.5, 0.6) is 0 Å². The van der Waals surface area contributed by atoms with Crippen LogP contribution in [0.1, 0.15) is 37.4 Å². The molecule has 0 saturated carbocycles. The fourth-order valence-electron chi connectivity index (χ4n) is 2.22. The molecule has 1 N–H and O–H groups in total. The van der Waals surface area contributed by atoms with E-state index >= 15 is 0 Å². The number of pyridine rings is 1. The number of rotatable bonds is 7. The molecule has 2 rings (SSSR count). The van der Waals surface area contributed by atoms with Crippen molar-refractivity contribution in [2.45, 2.75) is 39.3 Å². The van der Waals surface area contributed by atoms with Crippen LogP contribution in [0.4, 0.5) is 0 Å². The molecule has 0 spiro atoms. The lowest BCUT2D eigenvalue weighted by Crippen LogP contribution is -2.22. The Kier molecular flexibility index (Phi) is 5.10. The molecule has 0 bridgehead atoms. The molecule has 0 aromatic carbocycles. The molecule has 102 valence electrons. The zero-order chi connectivity index (χ0) is 13.5. The maximum absolute atomic E-state index is 4.42. The molecule has 0 radical (unpaired) electrons. The monoisotopic (exact) mass is 258 g/mol. The lowest BCUT2D eigenvalue weighted by molar-refractivity contribution is 0.546. The number of nitrogens with one attached hydrogen (secondary N) is 1. The first kappa shape index (κ1) is 13.7. The van der Waals surface area contributed by atoms with Crippen molar-refractivity contribution in [1.82, 2.24) is 20.1 Å². The van der Waals surface area contributed by atoms with Crippen molar-refractivity contribution in [3.05, 3.63) is 48.0 Å². The number of hydrogen-bond donors (Lipinski definition) is 1. The summed E-state index contributed by atoms with van der Waals surface area (Å²) >= 11 is 0. The van der Waals surface area contributed by atoms with Gasteiger partial charge in [-0.15, -0.1) is 0 Å². The molecule has 1 atom stereocenters. The van der Waals surface area contributed by atoms with Gasteiger partial charge in [0.1, 0.15) is 0 Å². The van der Waals surface area contributed by atoms with Gasteiger partial charge in [0.2, 0.25) is 0 Å². The van der Waals surface area contributed by atoms with E-state index in [1.807, 2.05) is 23.3 Å². The van der Waals surface area contributed by atoms with E-state index in [-0.39, 0.29) is 0 Å². The van der Waals surface area contributed by atoms with E-state index in [2.05, 4.69) is 47.6 Å². The highest BCUT2D eigenvalue weighted by Gasteiger charge is 2.13. The molecule has 0 aliphatic rings. The summed E-state index contributed by atoms with van der Waals surface area (Å²) in [5.41, 5.74) is 2.55. The number of nitrogens with zero attached hydrogens (tertiary/aromatic N) is 3. The normalized spacial score (nSPS) is 12.5. The van der Waals surface area contributed by atoms with Crippen LogP contribution >= 0.6 is 0 Å². The lowest BCUT2D eigenvalue weighted by atomic mass is 10.0. The molecular formula is C15H22N4. The fourth-order valence-corrected chi connectivity index (χ4v) is 2.22. The van der Waals surface area contributed by atoms with Crippen molar-refractivity contribution in [3.8, 4) is 0 Å². The van der Waals surface area contributed by atoms with E-state index in [9.17, 15) is 0 Å². The molecule has 0 amide bonds. The summed E-state index contributed by atoms with van der Waals surface area (Å²) in [7, 11) is 0. The predicted molar refractivity (Wildman–Crippen MR) is 76.9 cm³/mol. The van der Waals surface area contributed by atoms with E-state index in [0.717, 1.165) is 25.9 Å². The Hall–Kier alpha value is -1.68. The molecule has 4 nitrogen and oxygen atoms in total. The first-order valence-electron chi connectivity index (χ1n) is 6.98. The van der Waals surface area contributed by atoms with Crippen LogP contribution in [0, 0.1) is 0 Å². The molecule has 19 heavy (non-hydrogen) atoms. The Morgan fingerprint density at radius 1 is 1.26 bits per heavy atom. The van der Waals surface area contributed by atoms with Crippen LogP contribution in [0.15, 0.2) is 36.9 Å². The van der Waals surface area contributed by atoms with Crippen molar-refractivity contribution < 1.29 is 0 Å². The smallest absolute Gasteiger partial charge is 0.0537 e. The van der Waals surface area contributed by atoms with E-state index in [1.165, 1.54) is 11.1 Å². The highest BCUT2D eigenvalue weighted by Crippen LogP contribution is 2.17. The summed E-state index contributed by atoms with van der Waals surface area (Å²) < 4.78 is 2.02. The maximum Gasteiger partial charge on any atom is 0.0537 e. The molecule has 4 heteroatoms. The summed E-state index contributed by atoms with van der Waals surface area (Å²) in [6.45, 7) is 6.24. The van der Waals surface area contributed by atoms with Crippen LogP contribution < -0.4 is 5.32 Å². The second-order valence-corrected chi connectivity index (χ2v) is 4.71. The van der Waals surface area contributed by atoms with E-state index < -0.39 is 0 Å². The fraction of sp³-hybridized carbons (Fsp3) is 0.467. The van der Waals surface area contributed by atoms with Crippen molar-refractivity contribution in [1.29, 1.82) is 0 Å². The standard InChI is InChI=1S/C15H22N4/c1-3-9-19-12-14(11-18-19)15(17-4-2)10-13-5-7-16-8-6-13/h5-8,11-12,15,17H,3-4,9-10H2,1-2H3. The molecule has 0 saturated heterocycles. The third kappa shape index (κ3) is 3.89. The number of likely N-dealkylation sites (N-methyl/N-ethyl adjacent to an activating group) is 1. The molecule has 2 aromatic heterocycles. The summed E-state index contributed by atoms with van der Waals surface area (Å²) in [6.07, 6.45) is 9.89. The van der Waals surface area contributed by atoms with E-state index in [0.29, 0.717) is 6.04 Å². The van der Waals surface area contributed by atoms with Crippen LogP contribution in [0.2, 0.25) is 0 Å². The summed E-state index contributed by atoms with van der Waals surface area (Å²) in [6, 6.07) is 4.46. The molecule has 0 aliphatic heterocycles. The average molecular weight is 258 g/mol. The van der Waals surface area contributed by atoms with Crippen LogP contribution in [0.25, 0.3) is 0 Å². The van der Waals surface area contributed by atoms with Gasteiger partial charge in [0, 0.05) is 36.7 Å². The maximum atomic E-state index is 4.42. The molecule has 1 unspecified atom stereocenters. The van der Waals surface area contributed by atoms with Crippen molar-refractivity contribution in [3.63, 3.8) is 0 Å². The average Bonchev–Trinajstić information content (AvgIpc) is 2.88. The van der Waals surface area contributed by atoms with Crippen molar-refractivity contribution in [2.24, 2.45) is 0 Å². The highest BCUT2D eigenvalue weighted by molar-refractivity contribution is 5.18. The van der Waals surface area contributed by atoms with Gasteiger partial charge in [-0.2, -0.15) is 5.10 Å². The third-order valence-corrected chi connectivity index (χ3v) is 3.15. The molecule has 0 fully saturated rings. The Morgan fingerprint density at radius 3 is 2.74 bits per heavy atom. The Balaban J connectivity index is 2.10. The van der Waals surface area contributed by atoms with Gasteiger partial charge >= 0.3 is 0 Å². The Morgan fingerprint density at radius 2 is 2.05 bits per heavy atom. The van der Waals surface area contributed by atoms with Gasteiger partial charge in [-0.05, 0) is 37.1 Å². The lowest BCUT2D eigenvalue weighted by Gasteiger charge is -2.16. The van der Waals surface area contributed by atoms with Gasteiger partial charge in [-0.3, -0.25) is 9.67 Å². The summed E-state index contributed by atoms with van der Waals surface area (Å²) in [5.74, 6) is 0. The number of aromatic nitrogens is 3. The molecule has 2 heterocycles. The first-order chi connectivity index (χ1) is 9.33. The summed E-state index contributed by atoms with van der Waals surface area (Å²) in [5, 5.41) is 7.94. The number of aryl methyl sites for hydroxylation is 1. The minimum atomic E-state index is 0.318. The van der Waals surface area contributed by atoms with Crippen molar-refractivity contribution in [2.75, 3.05) is 6.54 Å². The molecule has 0 aliphatic carbocycles. The topological polar surface area (TPSA) is 42.7 Å². The molecule has 2 aromatic rings. The Bertz CT molecular complexity index is 478. The van der Waals surface area contributed by atoms with E-state index in [1.54, 1.807) is 0 Å². The van der Waals surface area contributed by atoms with Crippen LogP contribution in [-0.2, 0) is 13.0 Å². The summed E-state index contributed by atoms with van der Waals surface area (Å²) in [4.78, 5) is 4.06. The zero-order valence-corrected chi connectivity index (χ0v) is 11.7. The van der Waals surface area contributed by atoms with Gasteiger partial charge in [0.05, 0.1) is 6.20 Å². The second kappa shape index (κ2) is 7.04. The van der Waals surface area contributed by atoms with Crippen LogP contribution in [0.3, 0.4) is 0 Å². The third-order valence-electron chi connectivity index (χ3n) is 3.15. The van der Waals surface area contributed by atoms with Crippen LogP contribution in [-0.4, -0.2) is 21.3 Å². The van der Waals surface area contributed by atoms with E-state index in [4.69, 9.17) is 0 Å². The van der Waals surface area contributed by atoms with Gasteiger partial charge in [0.15, 0.2) is 0 Å². The zero-order valence-electron chi connectivity index (χ0n) is 11.7. The van der Waals surface area contributed by atoms with Gasteiger partial charge in [-0.25, -0.2) is 0 Å². The van der Waals surface area contributed by atoms with Gasteiger partial charge in [-0.1, -0.05) is 13.8 Å². The SMILES string of the molecule is CCCn1cc(C(Cc2ccncc2)NCC)cn1. The van der Waals surface area contributed by atoms with Gasteiger partial charge < -0.3 is 5.32 Å². The molecular weight excluding hydrogens is 236 g/mol. The predicted octanol–water partition coefficient (Wildman–Crippen LogP) is 2.58.